The molecule has 0 fully saturated rings. The molecule has 0 bridgehead atoms. The van der Waals surface area contributed by atoms with Gasteiger partial charge in [-0.3, -0.25) is 15.1 Å². The van der Waals surface area contributed by atoms with Crippen LogP contribution < -0.4 is 10.6 Å². The summed E-state index contributed by atoms with van der Waals surface area (Å²) in [5.41, 5.74) is 4.80. The predicted octanol–water partition coefficient (Wildman–Crippen LogP) is 3.27. The maximum absolute atomic E-state index is 11.5. The summed E-state index contributed by atoms with van der Waals surface area (Å²) in [6.07, 6.45) is 1.24. The molecule has 1 amide bonds. The lowest BCUT2D eigenvalue weighted by atomic mass is 10.0. The Balaban J connectivity index is 1.90. The van der Waals surface area contributed by atoms with Crippen molar-refractivity contribution >= 4 is 11.6 Å². The number of rotatable bonds is 8. The zero-order valence-electron chi connectivity index (χ0n) is 17.8. The lowest BCUT2D eigenvalue weighted by molar-refractivity contribution is -0.111. The molecule has 8 heteroatoms. The number of amides is 1. The molecule has 0 saturated carbocycles. The fraction of sp³-hybridized carbons (Fsp3) is 0.318. The van der Waals surface area contributed by atoms with E-state index >= 15 is 0 Å². The van der Waals surface area contributed by atoms with Crippen LogP contribution in [0.2, 0.25) is 0 Å². The number of nitrogens with one attached hydrogen (secondary N) is 2. The van der Waals surface area contributed by atoms with E-state index in [0.29, 0.717) is 12.2 Å². The molecule has 3 aromatic rings. The van der Waals surface area contributed by atoms with Gasteiger partial charge in [0.1, 0.15) is 0 Å². The summed E-state index contributed by atoms with van der Waals surface area (Å²) in [7, 11) is 0. The fourth-order valence-electron chi connectivity index (χ4n) is 3.31. The second-order valence-electron chi connectivity index (χ2n) is 7.46. The minimum atomic E-state index is -0.246. The van der Waals surface area contributed by atoms with E-state index in [9.17, 15) is 4.79 Å². The van der Waals surface area contributed by atoms with Crippen molar-refractivity contribution in [3.8, 4) is 0 Å². The van der Waals surface area contributed by atoms with Gasteiger partial charge < -0.3 is 5.32 Å². The van der Waals surface area contributed by atoms with E-state index in [0.717, 1.165) is 28.3 Å². The summed E-state index contributed by atoms with van der Waals surface area (Å²) >= 11 is 0. The third-order valence-corrected chi connectivity index (χ3v) is 4.61. The van der Waals surface area contributed by atoms with Crippen molar-refractivity contribution in [3.63, 3.8) is 0 Å². The van der Waals surface area contributed by atoms with Crippen LogP contribution in [0.3, 0.4) is 0 Å². The number of nitrogens with zero attached hydrogens (tertiary/aromatic N) is 5. The first kappa shape index (κ1) is 21.3. The Labute approximate surface area is 176 Å². The van der Waals surface area contributed by atoms with Crippen LogP contribution in [-0.4, -0.2) is 31.1 Å². The minimum absolute atomic E-state index is 0.121. The molecular weight excluding hydrogens is 378 g/mol. The first-order chi connectivity index (χ1) is 14.4. The molecule has 2 heterocycles. The number of pyridine rings is 1. The Morgan fingerprint density at radius 3 is 2.43 bits per heavy atom. The van der Waals surface area contributed by atoms with Gasteiger partial charge >= 0.3 is 0 Å². The van der Waals surface area contributed by atoms with Gasteiger partial charge in [0.15, 0.2) is 5.82 Å². The average Bonchev–Trinajstić information content (AvgIpc) is 3.18. The number of carbonyl (C=O) groups excluding carboxylic acids is 1. The monoisotopic (exact) mass is 405 g/mol. The van der Waals surface area contributed by atoms with Gasteiger partial charge in [-0.05, 0) is 79.6 Å². The lowest BCUT2D eigenvalue weighted by Crippen LogP contribution is -2.26. The molecule has 0 aliphatic carbocycles. The maximum atomic E-state index is 11.5. The van der Waals surface area contributed by atoms with Crippen LogP contribution in [-0.2, 0) is 11.3 Å². The molecule has 0 saturated heterocycles. The van der Waals surface area contributed by atoms with Crippen LogP contribution in [0.1, 0.15) is 54.3 Å². The number of anilines is 1. The largest absolute Gasteiger partial charge is 0.323 e. The van der Waals surface area contributed by atoms with E-state index < -0.39 is 0 Å². The van der Waals surface area contributed by atoms with E-state index in [4.69, 9.17) is 0 Å². The Morgan fingerprint density at radius 2 is 1.83 bits per heavy atom. The summed E-state index contributed by atoms with van der Waals surface area (Å²) < 4.78 is 1.81. The lowest BCUT2D eigenvalue weighted by Gasteiger charge is -2.20. The van der Waals surface area contributed by atoms with Crippen LogP contribution in [0.5, 0.6) is 0 Å². The molecule has 1 atom stereocenters. The standard InChI is InChI=1S/C22H27N7O/c1-6-20(30)25-19-9-7-18(8-10-19)21(22-26-27-28-29(22)14(2)3)23-13-17-11-15(4)24-16(5)12-17/h6-12,14,21,23H,1,13H2,2-5H3,(H,25,30). The molecule has 1 unspecified atom stereocenters. The SMILES string of the molecule is C=CC(=O)Nc1ccc(C(NCc2cc(C)nc(C)c2)c2nnnn2C(C)C)cc1. The second-order valence-corrected chi connectivity index (χ2v) is 7.46. The zero-order chi connectivity index (χ0) is 21.7. The molecule has 2 aromatic heterocycles. The molecular formula is C22H27N7O. The summed E-state index contributed by atoms with van der Waals surface area (Å²) in [6, 6.07) is 11.7. The zero-order valence-corrected chi connectivity index (χ0v) is 17.8. The van der Waals surface area contributed by atoms with Gasteiger partial charge in [-0.2, -0.15) is 0 Å². The Morgan fingerprint density at radius 1 is 1.17 bits per heavy atom. The molecule has 0 radical (unpaired) electrons. The molecule has 2 N–H and O–H groups in total. The number of tetrazole rings is 1. The van der Waals surface area contributed by atoms with E-state index in [2.05, 4.69) is 49.9 Å². The van der Waals surface area contributed by atoms with Crippen molar-refractivity contribution in [2.24, 2.45) is 0 Å². The van der Waals surface area contributed by atoms with E-state index in [-0.39, 0.29) is 18.0 Å². The molecule has 156 valence electrons. The Kier molecular flexibility index (Phi) is 6.68. The summed E-state index contributed by atoms with van der Waals surface area (Å²) in [4.78, 5) is 16.0. The second kappa shape index (κ2) is 9.41. The quantitative estimate of drug-likeness (QED) is 0.558. The first-order valence-corrected chi connectivity index (χ1v) is 9.86. The highest BCUT2D eigenvalue weighted by atomic mass is 16.1. The number of aryl methyl sites for hydroxylation is 2. The number of benzene rings is 1. The third kappa shape index (κ3) is 5.15. The normalized spacial score (nSPS) is 12.0. The van der Waals surface area contributed by atoms with Crippen molar-refractivity contribution in [1.82, 2.24) is 30.5 Å². The number of aromatic nitrogens is 5. The molecule has 0 aliphatic heterocycles. The molecule has 0 aliphatic rings. The molecule has 1 aromatic carbocycles. The van der Waals surface area contributed by atoms with Crippen molar-refractivity contribution in [3.05, 3.63) is 77.4 Å². The molecule has 3 rings (SSSR count). The van der Waals surface area contributed by atoms with Crippen LogP contribution >= 0.6 is 0 Å². The van der Waals surface area contributed by atoms with Crippen LogP contribution in [0.4, 0.5) is 5.69 Å². The minimum Gasteiger partial charge on any atom is -0.323 e. The van der Waals surface area contributed by atoms with E-state index in [1.807, 2.05) is 56.6 Å². The van der Waals surface area contributed by atoms with Gasteiger partial charge in [0.2, 0.25) is 5.91 Å². The van der Waals surface area contributed by atoms with Gasteiger partial charge in [0.25, 0.3) is 0 Å². The van der Waals surface area contributed by atoms with E-state index in [1.54, 1.807) is 0 Å². The highest BCUT2D eigenvalue weighted by molar-refractivity contribution is 5.98. The van der Waals surface area contributed by atoms with Gasteiger partial charge in [-0.15, -0.1) is 5.10 Å². The van der Waals surface area contributed by atoms with E-state index in [1.165, 1.54) is 6.08 Å². The highest BCUT2D eigenvalue weighted by Gasteiger charge is 2.22. The topological polar surface area (TPSA) is 97.6 Å². The maximum Gasteiger partial charge on any atom is 0.247 e. The molecule has 8 nitrogen and oxygen atoms in total. The van der Waals surface area contributed by atoms with Crippen LogP contribution in [0.25, 0.3) is 0 Å². The number of hydrogen-bond acceptors (Lipinski definition) is 6. The summed E-state index contributed by atoms with van der Waals surface area (Å²) in [5.74, 6) is 0.486. The van der Waals surface area contributed by atoms with Crippen LogP contribution in [0.15, 0.2) is 49.1 Å². The Bertz CT molecular complexity index is 1000. The van der Waals surface area contributed by atoms with Crippen molar-refractivity contribution < 1.29 is 4.79 Å². The number of carbonyl (C=O) groups is 1. The average molecular weight is 406 g/mol. The predicted molar refractivity (Wildman–Crippen MR) is 116 cm³/mol. The van der Waals surface area contributed by atoms with Crippen molar-refractivity contribution in [2.75, 3.05) is 5.32 Å². The summed E-state index contributed by atoms with van der Waals surface area (Å²) in [5, 5.41) is 18.7. The van der Waals surface area contributed by atoms with Crippen molar-refractivity contribution in [1.29, 1.82) is 0 Å². The number of hydrogen-bond donors (Lipinski definition) is 2. The third-order valence-electron chi connectivity index (χ3n) is 4.61. The molecule has 30 heavy (non-hydrogen) atoms. The van der Waals surface area contributed by atoms with Crippen LogP contribution in [0, 0.1) is 13.8 Å². The van der Waals surface area contributed by atoms with Gasteiger partial charge in [0, 0.05) is 23.6 Å². The highest BCUT2D eigenvalue weighted by Crippen LogP contribution is 2.24. The van der Waals surface area contributed by atoms with Gasteiger partial charge in [-0.25, -0.2) is 4.68 Å². The molecule has 0 spiro atoms. The van der Waals surface area contributed by atoms with Gasteiger partial charge in [-0.1, -0.05) is 18.7 Å². The summed E-state index contributed by atoms with van der Waals surface area (Å²) in [6.45, 7) is 12.2. The van der Waals surface area contributed by atoms with Gasteiger partial charge in [0.05, 0.1) is 12.1 Å². The smallest absolute Gasteiger partial charge is 0.247 e. The Hall–Kier alpha value is -3.39. The fourth-order valence-corrected chi connectivity index (χ4v) is 3.31. The first-order valence-electron chi connectivity index (χ1n) is 9.86. The van der Waals surface area contributed by atoms with Crippen molar-refractivity contribution in [2.45, 2.75) is 46.3 Å².